The predicted octanol–water partition coefficient (Wildman–Crippen LogP) is 5.52. The monoisotopic (exact) mass is 457 g/mol. The topological polar surface area (TPSA) is 68.0 Å². The van der Waals surface area contributed by atoms with E-state index in [4.69, 9.17) is 4.42 Å². The Hall–Kier alpha value is -2.71. The van der Waals surface area contributed by atoms with Crippen LogP contribution in [0.25, 0.3) is 22.2 Å². The lowest BCUT2D eigenvalue weighted by molar-refractivity contribution is -0.113. The van der Waals surface area contributed by atoms with Gasteiger partial charge in [0.05, 0.1) is 11.4 Å². The number of nitrogens with zero attached hydrogens (tertiary/aromatic N) is 2. The zero-order valence-corrected chi connectivity index (χ0v) is 16.8. The van der Waals surface area contributed by atoms with Crippen LogP contribution in [0.3, 0.4) is 0 Å². The molecule has 8 heteroatoms. The normalized spacial score (nSPS) is 10.9. The summed E-state index contributed by atoms with van der Waals surface area (Å²) >= 11 is 4.27. The van der Waals surface area contributed by atoms with Crippen LogP contribution in [0, 0.1) is 5.82 Å². The molecule has 0 fully saturated rings. The summed E-state index contributed by atoms with van der Waals surface area (Å²) in [6.07, 6.45) is 0. The van der Waals surface area contributed by atoms with Gasteiger partial charge in [0.15, 0.2) is 0 Å². The maximum absolute atomic E-state index is 13.8. The van der Waals surface area contributed by atoms with E-state index in [1.807, 2.05) is 42.5 Å². The van der Waals surface area contributed by atoms with Crippen LogP contribution in [0.15, 0.2) is 74.8 Å². The maximum Gasteiger partial charge on any atom is 0.277 e. The summed E-state index contributed by atoms with van der Waals surface area (Å²) in [6, 6.07) is 18.3. The number of fused-ring (bicyclic) bond motifs is 1. The molecule has 0 saturated heterocycles. The summed E-state index contributed by atoms with van der Waals surface area (Å²) in [5.41, 5.74) is 0.926. The Morgan fingerprint density at radius 3 is 2.71 bits per heavy atom. The molecule has 1 aromatic heterocycles. The Bertz CT molecular complexity index is 1170. The lowest BCUT2D eigenvalue weighted by atomic mass is 10.1. The molecule has 28 heavy (non-hydrogen) atoms. The van der Waals surface area contributed by atoms with Crippen LogP contribution >= 0.6 is 27.7 Å². The maximum atomic E-state index is 13.8. The predicted molar refractivity (Wildman–Crippen MR) is 111 cm³/mol. The van der Waals surface area contributed by atoms with E-state index in [-0.39, 0.29) is 22.6 Å². The molecule has 0 aliphatic carbocycles. The van der Waals surface area contributed by atoms with Crippen LogP contribution in [-0.4, -0.2) is 21.9 Å². The van der Waals surface area contributed by atoms with E-state index in [0.717, 1.165) is 28.1 Å². The number of hydrogen-bond acceptors (Lipinski definition) is 5. The first-order valence-corrected chi connectivity index (χ1v) is 10.1. The van der Waals surface area contributed by atoms with E-state index in [1.54, 1.807) is 6.07 Å². The number of hydrogen-bond donors (Lipinski definition) is 1. The number of anilines is 1. The van der Waals surface area contributed by atoms with Crippen LogP contribution in [-0.2, 0) is 4.79 Å². The summed E-state index contributed by atoms with van der Waals surface area (Å²) in [7, 11) is 0. The van der Waals surface area contributed by atoms with Gasteiger partial charge in [-0.1, -0.05) is 58.0 Å². The SMILES string of the molecule is O=C(CSc1nnc(-c2ccc3ccccc3c2)o1)Nc1ccc(Br)cc1F. The minimum Gasteiger partial charge on any atom is -0.411 e. The minimum atomic E-state index is -0.510. The highest BCUT2D eigenvalue weighted by Gasteiger charge is 2.13. The molecule has 0 aliphatic rings. The van der Waals surface area contributed by atoms with Crippen molar-refractivity contribution in [3.63, 3.8) is 0 Å². The molecule has 0 saturated carbocycles. The highest BCUT2D eigenvalue weighted by Crippen LogP contribution is 2.26. The van der Waals surface area contributed by atoms with Gasteiger partial charge >= 0.3 is 0 Å². The molecule has 1 N–H and O–H groups in total. The van der Waals surface area contributed by atoms with Gasteiger partial charge in [-0.2, -0.15) is 0 Å². The number of nitrogens with one attached hydrogen (secondary N) is 1. The van der Waals surface area contributed by atoms with E-state index in [1.165, 1.54) is 12.1 Å². The van der Waals surface area contributed by atoms with Gasteiger partial charge in [0.2, 0.25) is 11.8 Å². The average molecular weight is 458 g/mol. The number of aromatic nitrogens is 2. The fraction of sp³-hybridized carbons (Fsp3) is 0.0500. The van der Waals surface area contributed by atoms with Gasteiger partial charge in [-0.3, -0.25) is 4.79 Å². The van der Waals surface area contributed by atoms with Crippen molar-refractivity contribution in [1.29, 1.82) is 0 Å². The van der Waals surface area contributed by atoms with E-state index in [9.17, 15) is 9.18 Å². The molecule has 4 rings (SSSR count). The van der Waals surface area contributed by atoms with E-state index in [2.05, 4.69) is 31.4 Å². The number of rotatable bonds is 5. The summed E-state index contributed by atoms with van der Waals surface area (Å²) in [6.45, 7) is 0. The van der Waals surface area contributed by atoms with Crippen LogP contribution in [0.2, 0.25) is 0 Å². The largest absolute Gasteiger partial charge is 0.411 e. The third-order valence-corrected chi connectivity index (χ3v) is 5.25. The molecule has 0 atom stereocenters. The molecule has 1 heterocycles. The van der Waals surface area contributed by atoms with E-state index in [0.29, 0.717) is 10.4 Å². The Balaban J connectivity index is 1.40. The van der Waals surface area contributed by atoms with Crippen LogP contribution in [0.4, 0.5) is 10.1 Å². The molecule has 1 amide bonds. The summed E-state index contributed by atoms with van der Waals surface area (Å²) in [4.78, 5) is 12.0. The van der Waals surface area contributed by atoms with Crippen molar-refractivity contribution >= 4 is 50.1 Å². The van der Waals surface area contributed by atoms with Crippen molar-refractivity contribution < 1.29 is 13.6 Å². The van der Waals surface area contributed by atoms with Crippen LogP contribution in [0.1, 0.15) is 0 Å². The second-order valence-electron chi connectivity index (χ2n) is 5.90. The Morgan fingerprint density at radius 2 is 1.89 bits per heavy atom. The molecule has 0 radical (unpaired) electrons. The first-order valence-electron chi connectivity index (χ1n) is 8.29. The number of amides is 1. The van der Waals surface area contributed by atoms with Crippen molar-refractivity contribution in [3.8, 4) is 11.5 Å². The second kappa shape index (κ2) is 8.12. The van der Waals surface area contributed by atoms with E-state index < -0.39 is 5.82 Å². The first-order chi connectivity index (χ1) is 13.6. The van der Waals surface area contributed by atoms with Crippen molar-refractivity contribution in [2.45, 2.75) is 5.22 Å². The van der Waals surface area contributed by atoms with E-state index >= 15 is 0 Å². The number of thioether (sulfide) groups is 1. The van der Waals surface area contributed by atoms with Gasteiger partial charge in [0.25, 0.3) is 5.22 Å². The quantitative estimate of drug-likeness (QED) is 0.399. The van der Waals surface area contributed by atoms with Crippen molar-refractivity contribution in [1.82, 2.24) is 10.2 Å². The van der Waals surface area contributed by atoms with Gasteiger partial charge in [-0.25, -0.2) is 4.39 Å². The molecular weight excluding hydrogens is 445 g/mol. The lowest BCUT2D eigenvalue weighted by Gasteiger charge is -2.05. The minimum absolute atomic E-state index is 0.0227. The van der Waals surface area contributed by atoms with Crippen molar-refractivity contribution in [2.75, 3.05) is 11.1 Å². The molecule has 0 unspecified atom stereocenters. The summed E-state index contributed by atoms with van der Waals surface area (Å²) < 4.78 is 20.0. The highest BCUT2D eigenvalue weighted by atomic mass is 79.9. The third kappa shape index (κ3) is 4.23. The molecule has 5 nitrogen and oxygen atoms in total. The fourth-order valence-corrected chi connectivity index (χ4v) is 3.51. The molecule has 0 aliphatic heterocycles. The number of halogens is 2. The zero-order valence-electron chi connectivity index (χ0n) is 14.4. The van der Waals surface area contributed by atoms with Crippen molar-refractivity contribution in [3.05, 3.63) is 71.0 Å². The Labute approximate surface area is 172 Å². The summed E-state index contributed by atoms with van der Waals surface area (Å²) in [5, 5.41) is 13.0. The molecule has 0 bridgehead atoms. The number of carbonyl (C=O) groups is 1. The highest BCUT2D eigenvalue weighted by molar-refractivity contribution is 9.10. The Kier molecular flexibility index (Phi) is 5.40. The van der Waals surface area contributed by atoms with Crippen LogP contribution in [0.5, 0.6) is 0 Å². The number of carbonyl (C=O) groups excluding carboxylic acids is 1. The third-order valence-electron chi connectivity index (χ3n) is 3.93. The van der Waals surface area contributed by atoms with Gasteiger partial charge in [-0.15, -0.1) is 10.2 Å². The standard InChI is InChI=1S/C20H13BrFN3O2S/c21-15-7-8-17(16(22)10-15)23-18(26)11-28-20-25-24-19(27-20)14-6-5-12-3-1-2-4-13(12)9-14/h1-10H,11H2,(H,23,26). The van der Waals surface area contributed by atoms with Crippen molar-refractivity contribution in [2.24, 2.45) is 0 Å². The smallest absolute Gasteiger partial charge is 0.277 e. The molecule has 0 spiro atoms. The number of benzene rings is 3. The molecule has 140 valence electrons. The molecular formula is C20H13BrFN3O2S. The lowest BCUT2D eigenvalue weighted by Crippen LogP contribution is -2.15. The van der Waals surface area contributed by atoms with Crippen LogP contribution < -0.4 is 5.32 Å². The van der Waals surface area contributed by atoms with Gasteiger partial charge in [0.1, 0.15) is 5.82 Å². The average Bonchev–Trinajstić information content (AvgIpc) is 3.17. The first kappa shape index (κ1) is 18.6. The van der Waals surface area contributed by atoms with Gasteiger partial charge in [0, 0.05) is 10.0 Å². The van der Waals surface area contributed by atoms with Gasteiger partial charge < -0.3 is 9.73 Å². The second-order valence-corrected chi connectivity index (χ2v) is 7.74. The molecule has 3 aromatic carbocycles. The zero-order chi connectivity index (χ0) is 19.5. The fourth-order valence-electron chi connectivity index (χ4n) is 2.61. The molecule has 4 aromatic rings. The summed E-state index contributed by atoms with van der Waals surface area (Å²) in [5.74, 6) is -0.470. The Morgan fingerprint density at radius 1 is 1.07 bits per heavy atom. The van der Waals surface area contributed by atoms with Gasteiger partial charge in [-0.05, 0) is 41.1 Å².